The highest BCUT2D eigenvalue weighted by atomic mass is 16.5. The Balaban J connectivity index is 2.02. The summed E-state index contributed by atoms with van der Waals surface area (Å²) in [5.74, 6) is 1.47. The van der Waals surface area contributed by atoms with E-state index in [0.29, 0.717) is 18.6 Å². The zero-order valence-corrected chi connectivity index (χ0v) is 11.5. The van der Waals surface area contributed by atoms with Crippen LogP contribution in [0.1, 0.15) is 32.4 Å². The van der Waals surface area contributed by atoms with Crippen LogP contribution in [0.2, 0.25) is 0 Å². The van der Waals surface area contributed by atoms with E-state index in [1.165, 1.54) is 5.56 Å². The molecule has 0 amide bonds. The lowest BCUT2D eigenvalue weighted by molar-refractivity contribution is -0.0603. The summed E-state index contributed by atoms with van der Waals surface area (Å²) in [7, 11) is 0. The fourth-order valence-corrected chi connectivity index (χ4v) is 2.20. The number of morpholine rings is 1. The van der Waals surface area contributed by atoms with E-state index in [1.54, 1.807) is 0 Å². The van der Waals surface area contributed by atoms with Gasteiger partial charge >= 0.3 is 0 Å². The van der Waals surface area contributed by atoms with Crippen LogP contribution in [-0.4, -0.2) is 25.8 Å². The molecule has 2 rings (SSSR count). The van der Waals surface area contributed by atoms with Crippen LogP contribution in [0.3, 0.4) is 0 Å². The topological polar surface area (TPSA) is 30.5 Å². The van der Waals surface area contributed by atoms with E-state index in [9.17, 15) is 0 Å². The molecule has 1 aromatic rings. The predicted octanol–water partition coefficient (Wildman–Crippen LogP) is 2.77. The summed E-state index contributed by atoms with van der Waals surface area (Å²) in [5.41, 5.74) is 1.22. The largest absolute Gasteiger partial charge is 0.494 e. The molecule has 0 radical (unpaired) electrons. The maximum absolute atomic E-state index is 6.13. The van der Waals surface area contributed by atoms with Crippen molar-refractivity contribution in [3.05, 3.63) is 29.8 Å². The molecule has 1 fully saturated rings. The molecule has 0 aliphatic carbocycles. The van der Waals surface area contributed by atoms with Crippen molar-refractivity contribution in [2.75, 3.05) is 19.7 Å². The SMILES string of the molecule is CCOc1ccc(C2CNCC(C(C)C)O2)cc1. The van der Waals surface area contributed by atoms with Gasteiger partial charge in [0.2, 0.25) is 0 Å². The molecule has 3 heteroatoms. The molecule has 18 heavy (non-hydrogen) atoms. The molecular formula is C15H23NO2. The zero-order valence-electron chi connectivity index (χ0n) is 11.5. The molecule has 3 nitrogen and oxygen atoms in total. The Morgan fingerprint density at radius 2 is 2.00 bits per heavy atom. The summed E-state index contributed by atoms with van der Waals surface area (Å²) < 4.78 is 11.6. The van der Waals surface area contributed by atoms with Crippen LogP contribution in [-0.2, 0) is 4.74 Å². The van der Waals surface area contributed by atoms with Crippen LogP contribution in [0.5, 0.6) is 5.75 Å². The van der Waals surface area contributed by atoms with Gasteiger partial charge in [0.05, 0.1) is 18.8 Å². The first-order chi connectivity index (χ1) is 8.70. The molecular weight excluding hydrogens is 226 g/mol. The van der Waals surface area contributed by atoms with Gasteiger partial charge < -0.3 is 14.8 Å². The molecule has 2 unspecified atom stereocenters. The number of rotatable bonds is 4. The number of ether oxygens (including phenoxy) is 2. The second-order valence-electron chi connectivity index (χ2n) is 5.07. The van der Waals surface area contributed by atoms with Crippen LogP contribution >= 0.6 is 0 Å². The first-order valence-electron chi connectivity index (χ1n) is 6.79. The Morgan fingerprint density at radius 3 is 2.61 bits per heavy atom. The number of nitrogens with one attached hydrogen (secondary N) is 1. The summed E-state index contributed by atoms with van der Waals surface area (Å²) in [6.07, 6.45) is 0.456. The van der Waals surface area contributed by atoms with E-state index in [1.807, 2.05) is 19.1 Å². The molecule has 1 aliphatic rings. The molecule has 0 bridgehead atoms. The third-order valence-corrected chi connectivity index (χ3v) is 3.32. The van der Waals surface area contributed by atoms with E-state index in [2.05, 4.69) is 31.3 Å². The first kappa shape index (κ1) is 13.4. The van der Waals surface area contributed by atoms with E-state index in [-0.39, 0.29) is 6.10 Å². The summed E-state index contributed by atoms with van der Waals surface area (Å²) in [5, 5.41) is 3.45. The second kappa shape index (κ2) is 6.21. The van der Waals surface area contributed by atoms with Crippen molar-refractivity contribution in [1.82, 2.24) is 5.32 Å². The van der Waals surface area contributed by atoms with Gasteiger partial charge in [-0.15, -0.1) is 0 Å². The number of benzene rings is 1. The summed E-state index contributed by atoms with van der Waals surface area (Å²) in [4.78, 5) is 0. The Kier molecular flexibility index (Phi) is 4.61. The van der Waals surface area contributed by atoms with Gasteiger partial charge in [-0.25, -0.2) is 0 Å². The third-order valence-electron chi connectivity index (χ3n) is 3.32. The van der Waals surface area contributed by atoms with Crippen LogP contribution < -0.4 is 10.1 Å². The molecule has 1 saturated heterocycles. The van der Waals surface area contributed by atoms with E-state index < -0.39 is 0 Å². The monoisotopic (exact) mass is 249 g/mol. The smallest absolute Gasteiger partial charge is 0.119 e. The molecule has 0 spiro atoms. The van der Waals surface area contributed by atoms with E-state index >= 15 is 0 Å². The van der Waals surface area contributed by atoms with Gasteiger partial charge in [0.25, 0.3) is 0 Å². The van der Waals surface area contributed by atoms with Gasteiger partial charge in [0.15, 0.2) is 0 Å². The van der Waals surface area contributed by atoms with Crippen molar-refractivity contribution in [3.8, 4) is 5.75 Å². The van der Waals surface area contributed by atoms with Gasteiger partial charge in [-0.05, 0) is 30.5 Å². The lowest BCUT2D eigenvalue weighted by Crippen LogP contribution is -2.43. The fourth-order valence-electron chi connectivity index (χ4n) is 2.20. The van der Waals surface area contributed by atoms with Gasteiger partial charge in [-0.1, -0.05) is 26.0 Å². The molecule has 1 aromatic carbocycles. The van der Waals surface area contributed by atoms with Crippen molar-refractivity contribution in [2.45, 2.75) is 33.0 Å². The maximum Gasteiger partial charge on any atom is 0.119 e. The highest BCUT2D eigenvalue weighted by molar-refractivity contribution is 5.29. The van der Waals surface area contributed by atoms with Crippen molar-refractivity contribution < 1.29 is 9.47 Å². The van der Waals surface area contributed by atoms with Crippen molar-refractivity contribution in [1.29, 1.82) is 0 Å². The first-order valence-corrected chi connectivity index (χ1v) is 6.79. The maximum atomic E-state index is 6.13. The number of hydrogen-bond acceptors (Lipinski definition) is 3. The van der Waals surface area contributed by atoms with Crippen LogP contribution in [0.15, 0.2) is 24.3 Å². The fraction of sp³-hybridized carbons (Fsp3) is 0.600. The Hall–Kier alpha value is -1.06. The summed E-state index contributed by atoms with van der Waals surface area (Å²) in [6, 6.07) is 8.22. The molecule has 0 aromatic heterocycles. The quantitative estimate of drug-likeness (QED) is 0.890. The third kappa shape index (κ3) is 3.24. The summed E-state index contributed by atoms with van der Waals surface area (Å²) >= 11 is 0. The minimum absolute atomic E-state index is 0.154. The highest BCUT2D eigenvalue weighted by Crippen LogP contribution is 2.25. The van der Waals surface area contributed by atoms with Gasteiger partial charge in [0.1, 0.15) is 5.75 Å². The molecule has 0 saturated carbocycles. The molecule has 1 aliphatic heterocycles. The van der Waals surface area contributed by atoms with Gasteiger partial charge in [-0.3, -0.25) is 0 Å². The average molecular weight is 249 g/mol. The Morgan fingerprint density at radius 1 is 1.28 bits per heavy atom. The molecule has 1 heterocycles. The second-order valence-corrected chi connectivity index (χ2v) is 5.07. The molecule has 100 valence electrons. The van der Waals surface area contributed by atoms with Crippen LogP contribution in [0.4, 0.5) is 0 Å². The normalized spacial score (nSPS) is 24.2. The van der Waals surface area contributed by atoms with Gasteiger partial charge in [0, 0.05) is 13.1 Å². The van der Waals surface area contributed by atoms with Crippen molar-refractivity contribution in [2.24, 2.45) is 5.92 Å². The molecule has 2 atom stereocenters. The van der Waals surface area contributed by atoms with Crippen molar-refractivity contribution >= 4 is 0 Å². The standard InChI is InChI=1S/C15H23NO2/c1-4-17-13-7-5-12(6-8-13)15-10-16-9-14(18-15)11(2)3/h5-8,11,14-16H,4,9-10H2,1-3H3. The predicted molar refractivity (Wildman–Crippen MR) is 72.9 cm³/mol. The lowest BCUT2D eigenvalue weighted by atomic mass is 10.0. The average Bonchev–Trinajstić information content (AvgIpc) is 2.40. The van der Waals surface area contributed by atoms with Crippen LogP contribution in [0.25, 0.3) is 0 Å². The highest BCUT2D eigenvalue weighted by Gasteiger charge is 2.25. The van der Waals surface area contributed by atoms with Gasteiger partial charge in [-0.2, -0.15) is 0 Å². The number of hydrogen-bond donors (Lipinski definition) is 1. The Labute approximate surface area is 109 Å². The molecule has 1 N–H and O–H groups in total. The summed E-state index contributed by atoms with van der Waals surface area (Å²) in [6.45, 7) is 8.94. The lowest BCUT2D eigenvalue weighted by Gasteiger charge is -2.33. The minimum Gasteiger partial charge on any atom is -0.494 e. The van der Waals surface area contributed by atoms with E-state index in [0.717, 1.165) is 18.8 Å². The van der Waals surface area contributed by atoms with E-state index in [4.69, 9.17) is 9.47 Å². The van der Waals surface area contributed by atoms with Crippen molar-refractivity contribution in [3.63, 3.8) is 0 Å². The van der Waals surface area contributed by atoms with Crippen LogP contribution in [0, 0.1) is 5.92 Å². The Bertz CT molecular complexity index is 361. The zero-order chi connectivity index (χ0) is 13.0. The minimum atomic E-state index is 0.154.